The van der Waals surface area contributed by atoms with Gasteiger partial charge in [0, 0.05) is 11.0 Å². The molecule has 228 valence electrons. The fraction of sp³-hybridized carbons (Fsp3) is 0.682. The van der Waals surface area contributed by atoms with Gasteiger partial charge in [-0.1, -0.05) is 40.7 Å². The maximum absolute atomic E-state index is 13.0. The van der Waals surface area contributed by atoms with Crippen molar-refractivity contribution in [2.75, 3.05) is 0 Å². The van der Waals surface area contributed by atoms with Gasteiger partial charge in [0.05, 0.1) is 5.91 Å². The van der Waals surface area contributed by atoms with Crippen LogP contribution in [0.2, 0.25) is 0 Å². The SMILES string of the molecule is CCC(C)(C)C(=O)[N-]S(=O)(=O)C(F)(F)F.CCC(C)c1cc(C(C)(O)C(F)(F)F)cc(C(O)(O)C(F)(F)F)c1.[Na+]. The minimum absolute atomic E-state index is 0. The molecule has 0 aliphatic carbocycles. The second-order valence-corrected chi connectivity index (χ2v) is 11.0. The second-order valence-electron chi connectivity index (χ2n) is 9.45. The Morgan fingerprint density at radius 2 is 1.27 bits per heavy atom. The Bertz CT molecular complexity index is 1070. The van der Waals surface area contributed by atoms with Crippen molar-refractivity contribution in [3.63, 3.8) is 0 Å². The number of hydrogen-bond acceptors (Lipinski definition) is 6. The maximum Gasteiger partial charge on any atom is 1.00 e. The Morgan fingerprint density at radius 1 is 0.850 bits per heavy atom. The van der Waals surface area contributed by atoms with E-state index in [2.05, 4.69) is 4.72 Å². The molecule has 0 bridgehead atoms. The largest absolute Gasteiger partial charge is 1.00 e. The van der Waals surface area contributed by atoms with E-state index < -0.39 is 67.6 Å². The molecule has 1 amide bonds. The average molecular weight is 630 g/mol. The third-order valence-corrected chi connectivity index (χ3v) is 7.00. The standard InChI is InChI=1S/C15H18F6O3.C7H12F3NO3S.Na/c1-4-8(2)9-5-10(12(3,22)14(16,17)18)7-11(6-9)13(23,24)15(19,20)21;1-4-6(2,3)5(12)11-15(13,14)7(8,9)10;/h5-8,22-24H,4H2,1-3H3;4H2,1-3H3,(H,11,12);/q;;+1/p-1. The Labute approximate surface area is 247 Å². The van der Waals surface area contributed by atoms with E-state index in [1.165, 1.54) is 13.8 Å². The number of carbonyl (C=O) groups is 1. The van der Waals surface area contributed by atoms with Crippen LogP contribution in [0, 0.1) is 5.41 Å². The van der Waals surface area contributed by atoms with Crippen molar-refractivity contribution in [3.05, 3.63) is 39.6 Å². The quantitative estimate of drug-likeness (QED) is 0.242. The topological polar surface area (TPSA) is 126 Å². The fourth-order valence-electron chi connectivity index (χ4n) is 2.42. The number of alkyl halides is 9. The molecule has 2 unspecified atom stereocenters. The van der Waals surface area contributed by atoms with Gasteiger partial charge in [-0.3, -0.25) is 0 Å². The van der Waals surface area contributed by atoms with Gasteiger partial charge in [0.1, 0.15) is 0 Å². The molecule has 2 atom stereocenters. The van der Waals surface area contributed by atoms with Gasteiger partial charge in [-0.05, 0) is 48.9 Å². The van der Waals surface area contributed by atoms with E-state index in [0.717, 1.165) is 12.1 Å². The van der Waals surface area contributed by atoms with Crippen LogP contribution in [0.15, 0.2) is 18.2 Å². The molecule has 18 heteroatoms. The first kappa shape index (κ1) is 41.0. The maximum atomic E-state index is 13.0. The van der Waals surface area contributed by atoms with Crippen LogP contribution in [-0.2, 0) is 26.2 Å². The van der Waals surface area contributed by atoms with Gasteiger partial charge >= 0.3 is 47.4 Å². The number of amides is 1. The first-order valence-electron chi connectivity index (χ1n) is 11.0. The minimum Gasteiger partial charge on any atom is -0.538 e. The molecule has 0 heterocycles. The minimum atomic E-state index is -5.71. The second kappa shape index (κ2) is 13.5. The summed E-state index contributed by atoms with van der Waals surface area (Å²) in [6.07, 6.45) is -10.1. The molecule has 1 rings (SSSR count). The summed E-state index contributed by atoms with van der Waals surface area (Å²) >= 11 is 0. The van der Waals surface area contributed by atoms with E-state index in [1.54, 1.807) is 20.8 Å². The molecule has 0 saturated carbocycles. The number of rotatable bonds is 7. The third kappa shape index (κ3) is 9.73. The zero-order valence-electron chi connectivity index (χ0n) is 22.5. The Hall–Kier alpha value is -1.11. The zero-order valence-corrected chi connectivity index (χ0v) is 25.4. The molecule has 0 aliphatic heterocycles. The van der Waals surface area contributed by atoms with Gasteiger partial charge in [-0.2, -0.15) is 39.5 Å². The smallest absolute Gasteiger partial charge is 0.538 e. The van der Waals surface area contributed by atoms with Crippen LogP contribution in [0.3, 0.4) is 0 Å². The molecule has 0 saturated heterocycles. The summed E-state index contributed by atoms with van der Waals surface area (Å²) in [6.45, 7) is 7.79. The van der Waals surface area contributed by atoms with Gasteiger partial charge in [0.2, 0.25) is 0 Å². The van der Waals surface area contributed by atoms with Crippen molar-refractivity contribution in [3.8, 4) is 0 Å². The van der Waals surface area contributed by atoms with Crippen LogP contribution in [0.4, 0.5) is 39.5 Å². The first-order chi connectivity index (χ1) is 17.0. The summed E-state index contributed by atoms with van der Waals surface area (Å²) in [6, 6.07) is 1.99. The van der Waals surface area contributed by atoms with Crippen molar-refractivity contribution in [1.29, 1.82) is 0 Å². The first-order valence-corrected chi connectivity index (χ1v) is 12.5. The molecule has 0 radical (unpaired) electrons. The molecule has 7 nitrogen and oxygen atoms in total. The van der Waals surface area contributed by atoms with Crippen LogP contribution in [0.25, 0.3) is 4.72 Å². The van der Waals surface area contributed by atoms with E-state index in [-0.39, 0.29) is 41.5 Å². The zero-order chi connectivity index (χ0) is 31.6. The van der Waals surface area contributed by atoms with Crippen LogP contribution < -0.4 is 29.6 Å². The van der Waals surface area contributed by atoms with Crippen LogP contribution in [0.5, 0.6) is 0 Å². The number of aliphatic hydroxyl groups is 3. The Morgan fingerprint density at radius 3 is 1.60 bits per heavy atom. The normalized spacial score (nSPS) is 15.7. The predicted molar refractivity (Wildman–Crippen MR) is 120 cm³/mol. The summed E-state index contributed by atoms with van der Waals surface area (Å²) in [4.78, 5) is 11.1. The van der Waals surface area contributed by atoms with Crippen molar-refractivity contribution >= 4 is 15.9 Å². The molecule has 1 aromatic carbocycles. The average Bonchev–Trinajstić information content (AvgIpc) is 2.75. The van der Waals surface area contributed by atoms with E-state index in [9.17, 15) is 68.0 Å². The molecule has 0 fully saturated rings. The summed E-state index contributed by atoms with van der Waals surface area (Å²) in [7, 11) is -5.71. The summed E-state index contributed by atoms with van der Waals surface area (Å²) in [5.41, 5.74) is -12.3. The summed E-state index contributed by atoms with van der Waals surface area (Å²) in [5, 5.41) is 28.4. The van der Waals surface area contributed by atoms with Gasteiger partial charge in [-0.25, -0.2) is 8.42 Å². The van der Waals surface area contributed by atoms with E-state index in [4.69, 9.17) is 0 Å². The molecule has 1 aromatic rings. The van der Waals surface area contributed by atoms with Crippen LogP contribution in [-0.4, -0.2) is 47.5 Å². The Kier molecular flexibility index (Phi) is 13.8. The van der Waals surface area contributed by atoms with Crippen molar-refractivity contribution in [1.82, 2.24) is 0 Å². The predicted octanol–water partition coefficient (Wildman–Crippen LogP) is 2.85. The fourth-order valence-corrected chi connectivity index (χ4v) is 2.99. The number of nitrogens with zero attached hydrogens (tertiary/aromatic N) is 1. The molecular weight excluding hydrogens is 600 g/mol. The van der Waals surface area contributed by atoms with Crippen molar-refractivity contribution in [2.45, 2.75) is 89.6 Å². The molecular formula is C22H29F9NNaO6S. The van der Waals surface area contributed by atoms with Crippen LogP contribution >= 0.6 is 0 Å². The number of carbonyl (C=O) groups excluding carboxylic acids is 1. The van der Waals surface area contributed by atoms with Gasteiger partial charge < -0.3 is 24.8 Å². The van der Waals surface area contributed by atoms with E-state index >= 15 is 0 Å². The molecule has 0 aromatic heterocycles. The monoisotopic (exact) mass is 629 g/mol. The molecule has 3 N–H and O–H groups in total. The molecule has 0 aliphatic rings. The van der Waals surface area contributed by atoms with Gasteiger partial charge in [-0.15, -0.1) is 0 Å². The number of halogens is 9. The van der Waals surface area contributed by atoms with E-state index in [1.807, 2.05) is 0 Å². The number of hydrogen-bond donors (Lipinski definition) is 3. The number of sulfonamides is 1. The van der Waals surface area contributed by atoms with Crippen molar-refractivity contribution in [2.24, 2.45) is 5.41 Å². The van der Waals surface area contributed by atoms with Gasteiger partial charge in [0.25, 0.3) is 5.79 Å². The summed E-state index contributed by atoms with van der Waals surface area (Å²) in [5.74, 6) is -6.09. The van der Waals surface area contributed by atoms with E-state index in [0.29, 0.717) is 19.4 Å². The number of benzene rings is 1. The molecule has 40 heavy (non-hydrogen) atoms. The Balaban J connectivity index is 0. The van der Waals surface area contributed by atoms with Crippen molar-refractivity contribution < 1.29 is 97.6 Å². The van der Waals surface area contributed by atoms with Gasteiger partial charge in [0.15, 0.2) is 15.6 Å². The molecule has 0 spiro atoms. The van der Waals surface area contributed by atoms with Crippen LogP contribution in [0.1, 0.15) is 77.0 Å². The third-order valence-electron chi connectivity index (χ3n) is 6.01. The summed E-state index contributed by atoms with van der Waals surface area (Å²) < 4.78 is 136.